The van der Waals surface area contributed by atoms with Crippen LogP contribution in [0, 0.1) is 0 Å². The average Bonchev–Trinajstić information content (AvgIpc) is 3.87. The summed E-state index contributed by atoms with van der Waals surface area (Å²) >= 11 is 0. The van der Waals surface area contributed by atoms with E-state index in [1.165, 1.54) is 66.6 Å². The number of hydrogen-bond donors (Lipinski definition) is 2. The largest absolute Gasteiger partial charge is 0.456 e. The quantitative estimate of drug-likeness (QED) is 0.177. The molecule has 3 aliphatic rings. The third kappa shape index (κ3) is 5.79. The van der Waals surface area contributed by atoms with E-state index in [1.807, 2.05) is 0 Å². The summed E-state index contributed by atoms with van der Waals surface area (Å²) in [5, 5.41) is 12.6. The van der Waals surface area contributed by atoms with Crippen LogP contribution in [-0.4, -0.2) is 10.6 Å². The minimum absolute atomic E-state index is 0.0943. The molecule has 2 unspecified atom stereocenters. The van der Waals surface area contributed by atoms with Crippen LogP contribution in [0.5, 0.6) is 0 Å². The highest BCUT2D eigenvalue weighted by Gasteiger charge is 2.31. The molecule has 60 heavy (non-hydrogen) atoms. The molecule has 3 heterocycles. The Morgan fingerprint density at radius 1 is 0.517 bits per heavy atom. The molecule has 0 bridgehead atoms. The summed E-state index contributed by atoms with van der Waals surface area (Å²) in [5.41, 5.74) is 17.7. The Labute approximate surface area is 348 Å². The fourth-order valence-electron chi connectivity index (χ4n) is 9.70. The number of allylic oxidation sites excluding steroid dienone is 6. The second-order valence-electron chi connectivity index (χ2n) is 16.1. The maximum absolute atomic E-state index is 6.78. The summed E-state index contributed by atoms with van der Waals surface area (Å²) in [6, 6.07) is 59.1. The predicted molar refractivity (Wildman–Crippen MR) is 249 cm³/mol. The van der Waals surface area contributed by atoms with Gasteiger partial charge in [-0.05, 0) is 99.8 Å². The highest BCUT2D eigenvalue weighted by molar-refractivity contribution is 6.12. The maximum atomic E-state index is 6.78. The van der Waals surface area contributed by atoms with Gasteiger partial charge in [-0.2, -0.15) is 0 Å². The molecule has 2 aliphatic carbocycles. The highest BCUT2D eigenvalue weighted by Crippen LogP contribution is 2.42. The van der Waals surface area contributed by atoms with E-state index in [1.54, 1.807) is 0 Å². The standard InChI is InChI=1S/C56H41N3O/c1-4-13-36(14-5-1)39-23-25-40(26-24-39)55-44-19-10-11-21-49(44)57-56(58-55)46-20-12-22-52-54(46)45-30-29-43(35-53(45)60-52)59-50-31-27-41(37-15-6-2-7-16-37)33-47(50)48-34-42(28-32-51(48)59)38-17-8-3-9-18-38/h1-23,25,27-35,49,56-58H,24,26H2. The Hall–Kier alpha value is -7.40. The van der Waals surface area contributed by atoms with Crippen molar-refractivity contribution in [3.05, 3.63) is 228 Å². The number of furan rings is 1. The lowest BCUT2D eigenvalue weighted by Gasteiger charge is -2.37. The fraction of sp³-hybridized carbons (Fsp3) is 0.0714. The molecule has 7 aromatic carbocycles. The molecule has 4 nitrogen and oxygen atoms in total. The predicted octanol–water partition coefficient (Wildman–Crippen LogP) is 13.8. The van der Waals surface area contributed by atoms with Crippen molar-refractivity contribution in [2.75, 3.05) is 0 Å². The Morgan fingerprint density at radius 3 is 1.83 bits per heavy atom. The maximum Gasteiger partial charge on any atom is 0.137 e. The first kappa shape index (κ1) is 34.6. The molecule has 12 rings (SSSR count). The molecule has 9 aromatic rings. The molecular weight excluding hydrogens is 731 g/mol. The number of aromatic nitrogens is 1. The first-order valence-corrected chi connectivity index (χ1v) is 21.0. The van der Waals surface area contributed by atoms with E-state index in [2.05, 4.69) is 215 Å². The van der Waals surface area contributed by atoms with Crippen molar-refractivity contribution in [1.82, 2.24) is 15.2 Å². The van der Waals surface area contributed by atoms with Crippen LogP contribution < -0.4 is 10.6 Å². The molecule has 2 N–H and O–H groups in total. The monoisotopic (exact) mass is 771 g/mol. The van der Waals surface area contributed by atoms with Gasteiger partial charge in [0.05, 0.1) is 17.1 Å². The SMILES string of the molecule is C1=CC2=C(C3=CC=C(c4ccccc4)CC3)NC(c3cccc4oc5cc(-n6c7ccc(-c8ccccc8)cc7c7cc(-c8ccccc8)ccc76)ccc5c34)NC2C=C1. The second-order valence-corrected chi connectivity index (χ2v) is 16.1. The van der Waals surface area contributed by atoms with Crippen LogP contribution in [0.25, 0.3) is 77.3 Å². The molecule has 1 aliphatic heterocycles. The molecule has 4 heteroatoms. The summed E-state index contributed by atoms with van der Waals surface area (Å²) in [6.45, 7) is 0. The van der Waals surface area contributed by atoms with Crippen molar-refractivity contribution in [3.8, 4) is 27.9 Å². The highest BCUT2D eigenvalue weighted by atomic mass is 16.3. The van der Waals surface area contributed by atoms with E-state index in [-0.39, 0.29) is 12.2 Å². The zero-order valence-corrected chi connectivity index (χ0v) is 33.0. The molecular formula is C56H41N3O. The van der Waals surface area contributed by atoms with Gasteiger partial charge in [0.15, 0.2) is 0 Å². The fourth-order valence-corrected chi connectivity index (χ4v) is 9.70. The third-order valence-electron chi connectivity index (χ3n) is 12.6. The van der Waals surface area contributed by atoms with Crippen molar-refractivity contribution in [3.63, 3.8) is 0 Å². The normalized spacial score (nSPS) is 17.6. The molecule has 0 amide bonds. The summed E-state index contributed by atoms with van der Waals surface area (Å²) < 4.78 is 9.17. The van der Waals surface area contributed by atoms with Crippen LogP contribution in [0.15, 0.2) is 222 Å². The van der Waals surface area contributed by atoms with Gasteiger partial charge in [-0.25, -0.2) is 0 Å². The van der Waals surface area contributed by atoms with Crippen LogP contribution in [-0.2, 0) is 0 Å². The molecule has 0 saturated heterocycles. The summed E-state index contributed by atoms with van der Waals surface area (Å²) in [5.74, 6) is 0. The van der Waals surface area contributed by atoms with Crippen molar-refractivity contribution < 1.29 is 4.42 Å². The summed E-state index contributed by atoms with van der Waals surface area (Å²) in [6.07, 6.45) is 15.3. The van der Waals surface area contributed by atoms with Crippen LogP contribution in [0.1, 0.15) is 30.1 Å². The van der Waals surface area contributed by atoms with Crippen molar-refractivity contribution >= 4 is 49.3 Å². The van der Waals surface area contributed by atoms with Crippen molar-refractivity contribution in [2.45, 2.75) is 25.0 Å². The van der Waals surface area contributed by atoms with Gasteiger partial charge in [-0.1, -0.05) is 152 Å². The van der Waals surface area contributed by atoms with Crippen LogP contribution in [0.4, 0.5) is 0 Å². The molecule has 0 spiro atoms. The van der Waals surface area contributed by atoms with Gasteiger partial charge in [-0.3, -0.25) is 5.32 Å². The summed E-state index contributed by atoms with van der Waals surface area (Å²) in [4.78, 5) is 0. The first-order chi connectivity index (χ1) is 29.7. The zero-order chi connectivity index (χ0) is 39.6. The molecule has 2 aromatic heterocycles. The number of fused-ring (bicyclic) bond motifs is 7. The lowest BCUT2D eigenvalue weighted by atomic mass is 9.86. The van der Waals surface area contributed by atoms with Crippen LogP contribution >= 0.6 is 0 Å². The van der Waals surface area contributed by atoms with Crippen molar-refractivity contribution in [1.29, 1.82) is 0 Å². The number of rotatable bonds is 6. The van der Waals surface area contributed by atoms with E-state index in [0.717, 1.165) is 51.5 Å². The second kappa shape index (κ2) is 14.2. The molecule has 2 atom stereocenters. The van der Waals surface area contributed by atoms with Gasteiger partial charge in [0, 0.05) is 44.6 Å². The Morgan fingerprint density at radius 2 is 1.17 bits per heavy atom. The van der Waals surface area contributed by atoms with Gasteiger partial charge in [0.1, 0.15) is 17.3 Å². The Balaban J connectivity index is 0.961. The third-order valence-corrected chi connectivity index (χ3v) is 12.6. The average molecular weight is 772 g/mol. The van der Waals surface area contributed by atoms with E-state index < -0.39 is 0 Å². The van der Waals surface area contributed by atoms with E-state index in [9.17, 15) is 0 Å². The first-order valence-electron chi connectivity index (χ1n) is 21.0. The lowest BCUT2D eigenvalue weighted by molar-refractivity contribution is 0.435. The zero-order valence-electron chi connectivity index (χ0n) is 33.0. The van der Waals surface area contributed by atoms with E-state index in [0.29, 0.717) is 0 Å². The number of hydrogen-bond acceptors (Lipinski definition) is 3. The molecule has 0 saturated carbocycles. The van der Waals surface area contributed by atoms with E-state index in [4.69, 9.17) is 4.42 Å². The minimum atomic E-state index is -0.121. The number of benzene rings is 7. The number of nitrogens with one attached hydrogen (secondary N) is 2. The molecule has 0 fully saturated rings. The van der Waals surface area contributed by atoms with E-state index >= 15 is 0 Å². The van der Waals surface area contributed by atoms with Gasteiger partial charge in [0.2, 0.25) is 0 Å². The van der Waals surface area contributed by atoms with Crippen molar-refractivity contribution in [2.24, 2.45) is 0 Å². The number of nitrogens with zero attached hydrogens (tertiary/aromatic N) is 1. The topological polar surface area (TPSA) is 42.1 Å². The van der Waals surface area contributed by atoms with Gasteiger partial charge >= 0.3 is 0 Å². The smallest absolute Gasteiger partial charge is 0.137 e. The molecule has 286 valence electrons. The Kier molecular flexibility index (Phi) is 8.17. The Bertz CT molecular complexity index is 3210. The van der Waals surface area contributed by atoms with Crippen LogP contribution in [0.2, 0.25) is 0 Å². The van der Waals surface area contributed by atoms with Gasteiger partial charge in [0.25, 0.3) is 0 Å². The van der Waals surface area contributed by atoms with Crippen LogP contribution in [0.3, 0.4) is 0 Å². The minimum Gasteiger partial charge on any atom is -0.456 e. The van der Waals surface area contributed by atoms with Gasteiger partial charge < -0.3 is 14.3 Å². The van der Waals surface area contributed by atoms with Gasteiger partial charge in [-0.15, -0.1) is 0 Å². The lowest BCUT2D eigenvalue weighted by Crippen LogP contribution is -2.46. The molecule has 0 radical (unpaired) electrons. The summed E-state index contributed by atoms with van der Waals surface area (Å²) in [7, 11) is 0.